The lowest BCUT2D eigenvalue weighted by Gasteiger charge is -2.05. The van der Waals surface area contributed by atoms with Crippen molar-refractivity contribution < 1.29 is 5.11 Å². The summed E-state index contributed by atoms with van der Waals surface area (Å²) in [6.07, 6.45) is 0. The second-order valence-corrected chi connectivity index (χ2v) is 4.77. The Labute approximate surface area is 103 Å². The van der Waals surface area contributed by atoms with Gasteiger partial charge in [-0.1, -0.05) is 41.1 Å². The fraction of sp³-hybridized carbons (Fsp3) is 0.182. The van der Waals surface area contributed by atoms with Crippen LogP contribution in [-0.4, -0.2) is 10.1 Å². The number of aliphatic hydroxyl groups is 1. The van der Waals surface area contributed by atoms with E-state index in [1.807, 2.05) is 31.2 Å². The molecule has 0 spiro atoms. The predicted molar refractivity (Wildman–Crippen MR) is 67.5 cm³/mol. The Bertz CT molecular complexity index is 498. The number of aromatic nitrogens is 1. The topological polar surface area (TPSA) is 45.2 Å². The smallest absolute Gasteiger partial charge is 0.188 e. The van der Waals surface area contributed by atoms with Crippen LogP contribution in [0.15, 0.2) is 24.3 Å². The number of benzene rings is 1. The van der Waals surface area contributed by atoms with Crippen molar-refractivity contribution in [2.75, 3.05) is 5.32 Å². The van der Waals surface area contributed by atoms with Crippen molar-refractivity contribution in [1.82, 2.24) is 4.98 Å². The molecule has 0 bridgehead atoms. The van der Waals surface area contributed by atoms with Crippen molar-refractivity contribution in [2.24, 2.45) is 0 Å². The summed E-state index contributed by atoms with van der Waals surface area (Å²) in [7, 11) is 0. The van der Waals surface area contributed by atoms with Gasteiger partial charge in [-0.15, -0.1) is 0 Å². The van der Waals surface area contributed by atoms with E-state index in [1.165, 1.54) is 11.3 Å². The zero-order valence-electron chi connectivity index (χ0n) is 8.70. The summed E-state index contributed by atoms with van der Waals surface area (Å²) in [6.45, 7) is 1.94. The molecule has 2 aromatic rings. The first-order valence-corrected chi connectivity index (χ1v) is 5.99. The van der Waals surface area contributed by atoms with Gasteiger partial charge in [-0.05, 0) is 18.6 Å². The molecule has 3 nitrogen and oxygen atoms in total. The number of hydrogen-bond acceptors (Lipinski definition) is 4. The number of aryl methyl sites for hydroxylation is 1. The largest absolute Gasteiger partial charge is 0.391 e. The lowest BCUT2D eigenvalue weighted by atomic mass is 10.2. The molecule has 0 fully saturated rings. The summed E-state index contributed by atoms with van der Waals surface area (Å²) < 4.78 is 0. The Hall–Kier alpha value is -1.10. The number of nitrogens with zero attached hydrogens (tertiary/aromatic N) is 1. The fourth-order valence-corrected chi connectivity index (χ4v) is 2.35. The molecule has 0 aliphatic rings. The van der Waals surface area contributed by atoms with E-state index in [4.69, 9.17) is 16.7 Å². The third kappa shape index (κ3) is 2.35. The molecule has 0 unspecified atom stereocenters. The van der Waals surface area contributed by atoms with Gasteiger partial charge in [-0.3, -0.25) is 0 Å². The molecule has 1 aromatic heterocycles. The molecule has 0 radical (unpaired) electrons. The molecular weight excluding hydrogens is 244 g/mol. The van der Waals surface area contributed by atoms with E-state index >= 15 is 0 Å². The standard InChI is InChI=1S/C11H11ClN2OS/c1-7-4-2-3-5-8(7)13-11-14-10(12)9(6-15)16-11/h2-5,15H,6H2,1H3,(H,13,14). The first kappa shape index (κ1) is 11.4. The molecule has 16 heavy (non-hydrogen) atoms. The molecule has 2 rings (SSSR count). The number of halogens is 1. The number of nitrogens with one attached hydrogen (secondary N) is 1. The first-order valence-electron chi connectivity index (χ1n) is 4.79. The number of hydrogen-bond donors (Lipinski definition) is 2. The average molecular weight is 255 g/mol. The van der Waals surface area contributed by atoms with Crippen LogP contribution < -0.4 is 5.32 Å². The highest BCUT2D eigenvalue weighted by atomic mass is 35.5. The number of rotatable bonds is 3. The molecule has 5 heteroatoms. The Kier molecular flexibility index (Phi) is 3.43. The van der Waals surface area contributed by atoms with Gasteiger partial charge in [0.15, 0.2) is 5.13 Å². The minimum atomic E-state index is -0.0774. The zero-order chi connectivity index (χ0) is 11.5. The van der Waals surface area contributed by atoms with Crippen LogP contribution in [0.2, 0.25) is 5.15 Å². The van der Waals surface area contributed by atoms with Crippen LogP contribution in [0.5, 0.6) is 0 Å². The van der Waals surface area contributed by atoms with E-state index in [-0.39, 0.29) is 6.61 Å². The number of anilines is 2. The molecule has 84 valence electrons. The van der Waals surface area contributed by atoms with Gasteiger partial charge in [0, 0.05) is 5.69 Å². The average Bonchev–Trinajstić information content (AvgIpc) is 2.62. The Morgan fingerprint density at radius 1 is 1.44 bits per heavy atom. The van der Waals surface area contributed by atoms with Gasteiger partial charge >= 0.3 is 0 Å². The van der Waals surface area contributed by atoms with Gasteiger partial charge in [0.25, 0.3) is 0 Å². The van der Waals surface area contributed by atoms with Gasteiger partial charge < -0.3 is 10.4 Å². The maximum absolute atomic E-state index is 9.01. The third-order valence-corrected chi connectivity index (χ3v) is 3.56. The van der Waals surface area contributed by atoms with Crippen molar-refractivity contribution >= 4 is 33.8 Å². The summed E-state index contributed by atoms with van der Waals surface area (Å²) in [4.78, 5) is 4.81. The highest BCUT2D eigenvalue weighted by molar-refractivity contribution is 7.16. The number of para-hydroxylation sites is 1. The van der Waals surface area contributed by atoms with Gasteiger partial charge in [-0.25, -0.2) is 4.98 Å². The van der Waals surface area contributed by atoms with Crippen molar-refractivity contribution in [3.05, 3.63) is 39.9 Å². The van der Waals surface area contributed by atoms with Crippen LogP contribution in [-0.2, 0) is 6.61 Å². The van der Waals surface area contributed by atoms with E-state index in [2.05, 4.69) is 10.3 Å². The normalized spacial score (nSPS) is 10.4. The third-order valence-electron chi connectivity index (χ3n) is 2.18. The SMILES string of the molecule is Cc1ccccc1Nc1nc(Cl)c(CO)s1. The van der Waals surface area contributed by atoms with Crippen LogP contribution in [0.4, 0.5) is 10.8 Å². The quantitative estimate of drug-likeness (QED) is 0.883. The van der Waals surface area contributed by atoms with Crippen LogP contribution in [0.1, 0.15) is 10.4 Å². The number of thiazole rings is 1. The Balaban J connectivity index is 2.24. The monoisotopic (exact) mass is 254 g/mol. The second-order valence-electron chi connectivity index (χ2n) is 3.33. The summed E-state index contributed by atoms with van der Waals surface area (Å²) in [5, 5.41) is 13.3. The van der Waals surface area contributed by atoms with Gasteiger partial charge in [-0.2, -0.15) is 0 Å². The van der Waals surface area contributed by atoms with Crippen LogP contribution in [0.25, 0.3) is 0 Å². The van der Waals surface area contributed by atoms with E-state index in [9.17, 15) is 0 Å². The van der Waals surface area contributed by atoms with Crippen LogP contribution >= 0.6 is 22.9 Å². The first-order chi connectivity index (χ1) is 7.70. The fourth-order valence-electron chi connectivity index (χ4n) is 1.31. The summed E-state index contributed by atoms with van der Waals surface area (Å²) in [6, 6.07) is 7.93. The summed E-state index contributed by atoms with van der Waals surface area (Å²) >= 11 is 7.21. The van der Waals surface area contributed by atoms with Crippen LogP contribution in [0.3, 0.4) is 0 Å². The molecule has 0 atom stereocenters. The second kappa shape index (κ2) is 4.82. The maximum Gasteiger partial charge on any atom is 0.188 e. The van der Waals surface area contributed by atoms with E-state index in [0.717, 1.165) is 11.3 Å². The minimum absolute atomic E-state index is 0.0774. The van der Waals surface area contributed by atoms with E-state index in [1.54, 1.807) is 0 Å². The molecule has 1 aromatic carbocycles. The lowest BCUT2D eigenvalue weighted by molar-refractivity contribution is 0.285. The predicted octanol–water partition coefficient (Wildman–Crippen LogP) is 3.34. The molecule has 2 N–H and O–H groups in total. The van der Waals surface area contributed by atoms with Crippen molar-refractivity contribution in [3.8, 4) is 0 Å². The summed E-state index contributed by atoms with van der Waals surface area (Å²) in [5.41, 5.74) is 2.14. The molecule has 0 amide bonds. The molecule has 1 heterocycles. The van der Waals surface area contributed by atoms with Crippen molar-refractivity contribution in [1.29, 1.82) is 0 Å². The highest BCUT2D eigenvalue weighted by Gasteiger charge is 2.08. The molecule has 0 aliphatic carbocycles. The highest BCUT2D eigenvalue weighted by Crippen LogP contribution is 2.29. The Morgan fingerprint density at radius 2 is 2.19 bits per heavy atom. The van der Waals surface area contributed by atoms with Crippen LogP contribution in [0, 0.1) is 6.92 Å². The lowest BCUT2D eigenvalue weighted by Crippen LogP contribution is -1.91. The summed E-state index contributed by atoms with van der Waals surface area (Å²) in [5.74, 6) is 0. The number of aliphatic hydroxyl groups excluding tert-OH is 1. The molecular formula is C11H11ClN2OS. The Morgan fingerprint density at radius 3 is 2.81 bits per heavy atom. The minimum Gasteiger partial charge on any atom is -0.391 e. The van der Waals surface area contributed by atoms with Crippen molar-refractivity contribution in [3.63, 3.8) is 0 Å². The van der Waals surface area contributed by atoms with Gasteiger partial charge in [0.05, 0.1) is 11.5 Å². The van der Waals surface area contributed by atoms with E-state index < -0.39 is 0 Å². The van der Waals surface area contributed by atoms with Gasteiger partial charge in [0.1, 0.15) is 5.15 Å². The molecule has 0 saturated carbocycles. The maximum atomic E-state index is 9.01. The van der Waals surface area contributed by atoms with Crippen molar-refractivity contribution in [2.45, 2.75) is 13.5 Å². The molecule has 0 aliphatic heterocycles. The molecule has 0 saturated heterocycles. The zero-order valence-corrected chi connectivity index (χ0v) is 10.3. The van der Waals surface area contributed by atoms with Gasteiger partial charge in [0.2, 0.25) is 0 Å². The van der Waals surface area contributed by atoms with E-state index in [0.29, 0.717) is 15.2 Å².